The van der Waals surface area contributed by atoms with Gasteiger partial charge in [-0.2, -0.15) is 0 Å². The number of aromatic nitrogens is 2. The minimum atomic E-state index is -3.87. The Morgan fingerprint density at radius 1 is 1.38 bits per heavy atom. The zero-order valence-electron chi connectivity index (χ0n) is 13.4. The highest BCUT2D eigenvalue weighted by Crippen LogP contribution is 2.28. The number of rotatable bonds is 7. The molecule has 0 spiro atoms. The summed E-state index contributed by atoms with van der Waals surface area (Å²) in [5.41, 5.74) is 0.681. The van der Waals surface area contributed by atoms with Crippen LogP contribution in [-0.4, -0.2) is 37.4 Å². The van der Waals surface area contributed by atoms with Gasteiger partial charge in [0.05, 0.1) is 17.6 Å². The van der Waals surface area contributed by atoms with Gasteiger partial charge in [-0.25, -0.2) is 13.2 Å². The largest absolute Gasteiger partial charge is 0.465 e. The van der Waals surface area contributed by atoms with Crippen LogP contribution < -0.4 is 4.72 Å². The molecule has 2 rings (SSSR count). The number of anilines is 1. The third-order valence-electron chi connectivity index (χ3n) is 2.96. The van der Waals surface area contributed by atoms with Gasteiger partial charge in [0.1, 0.15) is 0 Å². The summed E-state index contributed by atoms with van der Waals surface area (Å²) in [4.78, 5) is 11.6. The lowest BCUT2D eigenvalue weighted by atomic mass is 10.1. The van der Waals surface area contributed by atoms with Crippen LogP contribution in [0, 0.1) is 6.92 Å². The second-order valence-electron chi connectivity index (χ2n) is 4.80. The molecule has 130 valence electrons. The smallest absolute Gasteiger partial charge is 0.337 e. The summed E-state index contributed by atoms with van der Waals surface area (Å²) >= 11 is 2.70. The molecule has 0 aliphatic carbocycles. The lowest BCUT2D eigenvalue weighted by Gasteiger charge is -2.09. The lowest BCUT2D eigenvalue weighted by molar-refractivity contribution is 0.0600. The van der Waals surface area contributed by atoms with Gasteiger partial charge in [0, 0.05) is 5.75 Å². The molecule has 0 atom stereocenters. The van der Waals surface area contributed by atoms with E-state index in [1.54, 1.807) is 13.0 Å². The van der Waals surface area contributed by atoms with Crippen molar-refractivity contribution in [2.45, 2.75) is 29.5 Å². The summed E-state index contributed by atoms with van der Waals surface area (Å²) in [5, 5.41) is 7.98. The normalized spacial score (nSPS) is 11.3. The van der Waals surface area contributed by atoms with Crippen molar-refractivity contribution in [1.82, 2.24) is 10.2 Å². The van der Waals surface area contributed by atoms with E-state index in [9.17, 15) is 13.2 Å². The molecule has 7 nitrogen and oxygen atoms in total. The maximum Gasteiger partial charge on any atom is 0.337 e. The Hall–Kier alpha value is -1.65. The first kappa shape index (κ1) is 18.7. The second kappa shape index (κ2) is 7.95. The number of esters is 1. The molecule has 0 amide bonds. The summed E-state index contributed by atoms with van der Waals surface area (Å²) in [6.07, 6.45) is 0.991. The highest BCUT2D eigenvalue weighted by molar-refractivity contribution is 8.01. The topological polar surface area (TPSA) is 98.3 Å². The minimum Gasteiger partial charge on any atom is -0.465 e. The molecule has 0 radical (unpaired) electrons. The molecule has 10 heteroatoms. The third kappa shape index (κ3) is 4.46. The predicted molar refractivity (Wildman–Crippen MR) is 94.3 cm³/mol. The zero-order valence-corrected chi connectivity index (χ0v) is 15.8. The average Bonchev–Trinajstić information content (AvgIpc) is 2.99. The first-order valence-corrected chi connectivity index (χ1v) is 10.3. The highest BCUT2D eigenvalue weighted by atomic mass is 32.2. The number of benzene rings is 1. The number of sulfonamides is 1. The van der Waals surface area contributed by atoms with Gasteiger partial charge in [0.15, 0.2) is 4.34 Å². The van der Waals surface area contributed by atoms with E-state index < -0.39 is 16.0 Å². The van der Waals surface area contributed by atoms with Crippen molar-refractivity contribution in [3.8, 4) is 0 Å². The van der Waals surface area contributed by atoms with Crippen molar-refractivity contribution in [1.29, 1.82) is 0 Å². The quantitative estimate of drug-likeness (QED) is 0.576. The summed E-state index contributed by atoms with van der Waals surface area (Å²) in [7, 11) is -2.63. The van der Waals surface area contributed by atoms with E-state index >= 15 is 0 Å². The Balaban J connectivity index is 2.27. The fourth-order valence-corrected chi connectivity index (χ4v) is 4.98. The van der Waals surface area contributed by atoms with Crippen LogP contribution in [0.4, 0.5) is 5.13 Å². The standard InChI is InChI=1S/C14H17N3O4S3/c1-4-7-22-14-16-15-13(23-14)17-24(19,20)11-8-10(12(18)21-3)6-5-9(11)2/h5-6,8H,4,7H2,1-3H3,(H,15,17). The number of ether oxygens (including phenoxy) is 1. The van der Waals surface area contributed by atoms with Crippen LogP contribution in [0.5, 0.6) is 0 Å². The number of hydrogen-bond acceptors (Lipinski definition) is 8. The van der Waals surface area contributed by atoms with E-state index in [-0.39, 0.29) is 15.6 Å². The maximum atomic E-state index is 12.6. The molecule has 0 saturated carbocycles. The number of carbonyl (C=O) groups excluding carboxylic acids is 1. The van der Waals surface area contributed by atoms with Gasteiger partial charge in [-0.3, -0.25) is 4.72 Å². The molecule has 0 unspecified atom stereocenters. The fourth-order valence-electron chi connectivity index (χ4n) is 1.80. The Morgan fingerprint density at radius 2 is 2.12 bits per heavy atom. The van der Waals surface area contributed by atoms with E-state index in [1.807, 2.05) is 0 Å². The van der Waals surface area contributed by atoms with Gasteiger partial charge in [-0.15, -0.1) is 10.2 Å². The second-order valence-corrected chi connectivity index (χ2v) is 8.77. The number of aryl methyl sites for hydroxylation is 1. The van der Waals surface area contributed by atoms with E-state index in [4.69, 9.17) is 0 Å². The van der Waals surface area contributed by atoms with Crippen LogP contribution in [0.1, 0.15) is 29.3 Å². The van der Waals surface area contributed by atoms with Crippen molar-refractivity contribution in [3.63, 3.8) is 0 Å². The van der Waals surface area contributed by atoms with Crippen molar-refractivity contribution >= 4 is 44.2 Å². The van der Waals surface area contributed by atoms with Gasteiger partial charge in [0.2, 0.25) is 5.13 Å². The fraction of sp³-hybridized carbons (Fsp3) is 0.357. The lowest BCUT2D eigenvalue weighted by Crippen LogP contribution is -2.15. The summed E-state index contributed by atoms with van der Waals surface area (Å²) in [5.74, 6) is 0.294. The van der Waals surface area contributed by atoms with Crippen LogP contribution in [0.15, 0.2) is 27.4 Å². The number of hydrogen-bond donors (Lipinski definition) is 1. The van der Waals surface area contributed by atoms with Crippen LogP contribution >= 0.6 is 23.1 Å². The number of nitrogens with zero attached hydrogens (tertiary/aromatic N) is 2. The van der Waals surface area contributed by atoms with Gasteiger partial charge in [0.25, 0.3) is 10.0 Å². The zero-order chi connectivity index (χ0) is 17.7. The molecule has 1 aromatic heterocycles. The highest BCUT2D eigenvalue weighted by Gasteiger charge is 2.21. The number of thioether (sulfide) groups is 1. The predicted octanol–water partition coefficient (Wildman–Crippen LogP) is 2.94. The Labute approximate surface area is 148 Å². The Kier molecular flexibility index (Phi) is 6.19. The van der Waals surface area contributed by atoms with Crippen molar-refractivity contribution < 1.29 is 17.9 Å². The molecule has 1 aromatic carbocycles. The summed E-state index contributed by atoms with van der Waals surface area (Å²) < 4.78 is 32.9. The minimum absolute atomic E-state index is 0.00311. The molecular weight excluding hydrogens is 370 g/mol. The monoisotopic (exact) mass is 387 g/mol. The molecule has 0 aliphatic rings. The number of carbonyl (C=O) groups is 1. The Bertz CT molecular complexity index is 834. The van der Waals surface area contributed by atoms with E-state index in [1.165, 1.54) is 42.3 Å². The van der Waals surface area contributed by atoms with Crippen LogP contribution in [0.2, 0.25) is 0 Å². The van der Waals surface area contributed by atoms with E-state index in [0.29, 0.717) is 9.90 Å². The van der Waals surface area contributed by atoms with Gasteiger partial charge in [-0.05, 0) is 31.0 Å². The molecule has 0 aliphatic heterocycles. The first-order valence-electron chi connectivity index (χ1n) is 7.05. The van der Waals surface area contributed by atoms with Crippen molar-refractivity contribution in [3.05, 3.63) is 29.3 Å². The van der Waals surface area contributed by atoms with Crippen molar-refractivity contribution in [2.24, 2.45) is 0 Å². The van der Waals surface area contributed by atoms with Crippen LogP contribution in [0.25, 0.3) is 0 Å². The van der Waals surface area contributed by atoms with E-state index in [0.717, 1.165) is 12.2 Å². The Morgan fingerprint density at radius 3 is 2.79 bits per heavy atom. The first-order chi connectivity index (χ1) is 11.4. The molecular formula is C14H17N3O4S3. The van der Waals surface area contributed by atoms with Gasteiger partial charge < -0.3 is 4.74 Å². The number of nitrogens with one attached hydrogen (secondary N) is 1. The molecule has 0 fully saturated rings. The third-order valence-corrected chi connectivity index (χ3v) is 6.74. The molecule has 1 heterocycles. The summed E-state index contributed by atoms with van der Waals surface area (Å²) in [6, 6.07) is 4.37. The summed E-state index contributed by atoms with van der Waals surface area (Å²) in [6.45, 7) is 3.70. The average molecular weight is 388 g/mol. The SMILES string of the molecule is CCCSc1nnc(NS(=O)(=O)c2cc(C(=O)OC)ccc2C)s1. The molecule has 2 aromatic rings. The molecule has 0 saturated heterocycles. The van der Waals surface area contributed by atoms with Gasteiger partial charge >= 0.3 is 5.97 Å². The van der Waals surface area contributed by atoms with E-state index in [2.05, 4.69) is 26.6 Å². The van der Waals surface area contributed by atoms with Crippen molar-refractivity contribution in [2.75, 3.05) is 17.6 Å². The molecule has 1 N–H and O–H groups in total. The molecule has 0 bridgehead atoms. The maximum absolute atomic E-state index is 12.6. The molecule has 24 heavy (non-hydrogen) atoms. The number of methoxy groups -OCH3 is 1. The van der Waals surface area contributed by atoms with Gasteiger partial charge in [-0.1, -0.05) is 36.1 Å². The van der Waals surface area contributed by atoms with Crippen LogP contribution in [0.3, 0.4) is 0 Å². The van der Waals surface area contributed by atoms with Crippen LogP contribution in [-0.2, 0) is 14.8 Å².